The first-order valence-corrected chi connectivity index (χ1v) is 9.99. The van der Waals surface area contributed by atoms with Crippen LogP contribution in [0.25, 0.3) is 22.2 Å². The Morgan fingerprint density at radius 1 is 1.07 bits per heavy atom. The highest BCUT2D eigenvalue weighted by Crippen LogP contribution is 2.27. The van der Waals surface area contributed by atoms with E-state index in [1.165, 1.54) is 18.3 Å². The molecule has 8 heteroatoms. The quantitative estimate of drug-likeness (QED) is 0.423. The summed E-state index contributed by atoms with van der Waals surface area (Å²) in [6, 6.07) is 14.6. The number of nitrogens with zero attached hydrogens (tertiary/aromatic N) is 1. The van der Waals surface area contributed by atoms with Gasteiger partial charge in [0.1, 0.15) is 5.58 Å². The highest BCUT2D eigenvalue weighted by molar-refractivity contribution is 9.10. The molecule has 2 aromatic heterocycles. The number of aromatic nitrogens is 1. The van der Waals surface area contributed by atoms with Crippen LogP contribution in [0.3, 0.4) is 0 Å². The molecule has 0 radical (unpaired) electrons. The van der Waals surface area contributed by atoms with Gasteiger partial charge in [0.05, 0.1) is 5.69 Å². The summed E-state index contributed by atoms with van der Waals surface area (Å²) in [7, 11) is 0. The number of rotatable bonds is 4. The summed E-state index contributed by atoms with van der Waals surface area (Å²) in [6.07, 6.45) is 0. The fraction of sp³-hybridized carbons (Fsp3) is 0.0500. The molecule has 0 atom stereocenters. The molecule has 0 saturated heterocycles. The van der Waals surface area contributed by atoms with E-state index >= 15 is 0 Å². The van der Waals surface area contributed by atoms with Crippen LogP contribution in [0, 0.1) is 0 Å². The van der Waals surface area contributed by atoms with E-state index in [1.54, 1.807) is 18.2 Å². The van der Waals surface area contributed by atoms with Gasteiger partial charge in [-0.25, -0.2) is 4.98 Å². The van der Waals surface area contributed by atoms with Crippen LogP contribution in [0.5, 0.6) is 0 Å². The molecule has 6 nitrogen and oxygen atoms in total. The van der Waals surface area contributed by atoms with Gasteiger partial charge in [0.15, 0.2) is 10.9 Å². The molecule has 0 spiro atoms. The Hall–Kier alpha value is -2.97. The summed E-state index contributed by atoms with van der Waals surface area (Å²) < 4.78 is 6.52. The summed E-state index contributed by atoms with van der Waals surface area (Å²) in [5.41, 5.74) is 2.99. The van der Waals surface area contributed by atoms with E-state index in [9.17, 15) is 9.59 Å². The van der Waals surface area contributed by atoms with Gasteiger partial charge in [-0.05, 0) is 36.4 Å². The van der Waals surface area contributed by atoms with Crippen molar-refractivity contribution in [1.29, 1.82) is 0 Å². The van der Waals surface area contributed by atoms with Gasteiger partial charge in [0.2, 0.25) is 5.91 Å². The standard InChI is InChI=1S/C20H14BrN3O3S/c1-11(25)22-15-5-2-12(3-6-15)16-10-28-20(23-16)24-19(26)18-9-13-8-14(21)4-7-17(13)27-18/h2-10H,1H3,(H,22,25)(H,23,24,26). The van der Waals surface area contributed by atoms with Gasteiger partial charge < -0.3 is 9.73 Å². The number of carbonyl (C=O) groups excluding carboxylic acids is 2. The minimum Gasteiger partial charge on any atom is -0.451 e. The number of anilines is 2. The number of nitrogens with one attached hydrogen (secondary N) is 2. The summed E-state index contributed by atoms with van der Waals surface area (Å²) in [4.78, 5) is 28.0. The van der Waals surface area contributed by atoms with E-state index < -0.39 is 0 Å². The lowest BCUT2D eigenvalue weighted by Crippen LogP contribution is -2.10. The first-order chi connectivity index (χ1) is 13.5. The Bertz CT molecular complexity index is 1180. The summed E-state index contributed by atoms with van der Waals surface area (Å²) in [5.74, 6) is -0.247. The Balaban J connectivity index is 1.49. The molecule has 4 aromatic rings. The number of hydrogen-bond acceptors (Lipinski definition) is 5. The van der Waals surface area contributed by atoms with E-state index in [1.807, 2.05) is 35.7 Å². The third-order valence-corrected chi connectivity index (χ3v) is 5.18. The predicted molar refractivity (Wildman–Crippen MR) is 114 cm³/mol. The molecule has 2 N–H and O–H groups in total. The molecule has 0 aliphatic carbocycles. The van der Waals surface area contributed by atoms with E-state index in [0.717, 1.165) is 26.8 Å². The van der Waals surface area contributed by atoms with Crippen molar-refractivity contribution in [2.24, 2.45) is 0 Å². The van der Waals surface area contributed by atoms with Crippen molar-refractivity contribution >= 4 is 60.9 Å². The zero-order valence-electron chi connectivity index (χ0n) is 14.7. The van der Waals surface area contributed by atoms with Crippen molar-refractivity contribution in [2.45, 2.75) is 6.92 Å². The monoisotopic (exact) mass is 455 g/mol. The first kappa shape index (κ1) is 18.4. The smallest absolute Gasteiger partial charge is 0.293 e. The zero-order valence-corrected chi connectivity index (χ0v) is 17.1. The van der Waals surface area contributed by atoms with Gasteiger partial charge in [-0.1, -0.05) is 28.1 Å². The summed E-state index contributed by atoms with van der Waals surface area (Å²) >= 11 is 4.73. The molecule has 0 aliphatic rings. The maximum atomic E-state index is 12.5. The Kier molecular flexibility index (Phi) is 4.97. The minimum atomic E-state index is -0.353. The average molecular weight is 456 g/mol. The van der Waals surface area contributed by atoms with Crippen molar-refractivity contribution < 1.29 is 14.0 Å². The fourth-order valence-electron chi connectivity index (χ4n) is 2.68. The van der Waals surface area contributed by atoms with Crippen LogP contribution < -0.4 is 10.6 Å². The molecule has 0 aliphatic heterocycles. The third-order valence-electron chi connectivity index (χ3n) is 3.93. The number of halogens is 1. The number of benzene rings is 2. The molecule has 2 amide bonds. The molecular formula is C20H14BrN3O3S. The van der Waals surface area contributed by atoms with Crippen LogP contribution in [-0.4, -0.2) is 16.8 Å². The van der Waals surface area contributed by atoms with Crippen LogP contribution in [0.2, 0.25) is 0 Å². The van der Waals surface area contributed by atoms with Crippen LogP contribution >= 0.6 is 27.3 Å². The largest absolute Gasteiger partial charge is 0.451 e. The lowest BCUT2D eigenvalue weighted by molar-refractivity contribution is -0.114. The van der Waals surface area contributed by atoms with Gasteiger partial charge in [0, 0.05) is 33.4 Å². The van der Waals surface area contributed by atoms with Gasteiger partial charge in [0.25, 0.3) is 5.91 Å². The SMILES string of the molecule is CC(=O)Nc1ccc(-c2csc(NC(=O)c3cc4cc(Br)ccc4o3)n2)cc1. The summed E-state index contributed by atoms with van der Waals surface area (Å²) in [5, 5.41) is 8.67. The average Bonchev–Trinajstić information content (AvgIpc) is 3.28. The molecule has 28 heavy (non-hydrogen) atoms. The van der Waals surface area contributed by atoms with Crippen molar-refractivity contribution in [3.05, 3.63) is 64.1 Å². The van der Waals surface area contributed by atoms with E-state index in [-0.39, 0.29) is 17.6 Å². The number of hydrogen-bond donors (Lipinski definition) is 2. The maximum absolute atomic E-state index is 12.5. The number of amides is 2. The number of fused-ring (bicyclic) bond motifs is 1. The van der Waals surface area contributed by atoms with Crippen molar-refractivity contribution in [3.8, 4) is 11.3 Å². The van der Waals surface area contributed by atoms with E-state index in [2.05, 4.69) is 31.5 Å². The zero-order chi connectivity index (χ0) is 19.7. The highest BCUT2D eigenvalue weighted by atomic mass is 79.9. The van der Waals surface area contributed by atoms with Crippen molar-refractivity contribution in [1.82, 2.24) is 4.98 Å². The molecular weight excluding hydrogens is 442 g/mol. The van der Waals surface area contributed by atoms with E-state index in [0.29, 0.717) is 10.7 Å². The molecule has 2 heterocycles. The van der Waals surface area contributed by atoms with Crippen molar-refractivity contribution in [3.63, 3.8) is 0 Å². The summed E-state index contributed by atoms with van der Waals surface area (Å²) in [6.45, 7) is 1.46. The van der Waals surface area contributed by atoms with Crippen LogP contribution in [-0.2, 0) is 4.79 Å². The molecule has 4 rings (SSSR count). The van der Waals surface area contributed by atoms with Crippen LogP contribution in [0.1, 0.15) is 17.5 Å². The lowest BCUT2D eigenvalue weighted by atomic mass is 10.1. The highest BCUT2D eigenvalue weighted by Gasteiger charge is 2.15. The van der Waals surface area contributed by atoms with Gasteiger partial charge >= 0.3 is 0 Å². The van der Waals surface area contributed by atoms with Gasteiger partial charge in [-0.15, -0.1) is 11.3 Å². The molecule has 0 saturated carbocycles. The number of carbonyl (C=O) groups is 2. The molecule has 140 valence electrons. The molecule has 0 unspecified atom stereocenters. The van der Waals surface area contributed by atoms with E-state index in [4.69, 9.17) is 4.42 Å². The van der Waals surface area contributed by atoms with Crippen LogP contribution in [0.15, 0.2) is 62.8 Å². The second-order valence-corrected chi connectivity index (χ2v) is 7.82. The Morgan fingerprint density at radius 2 is 1.86 bits per heavy atom. The third kappa shape index (κ3) is 3.97. The molecule has 0 fully saturated rings. The normalized spacial score (nSPS) is 10.8. The number of thiazole rings is 1. The van der Waals surface area contributed by atoms with Crippen molar-refractivity contribution in [2.75, 3.05) is 10.6 Å². The minimum absolute atomic E-state index is 0.121. The fourth-order valence-corrected chi connectivity index (χ4v) is 3.77. The topological polar surface area (TPSA) is 84.2 Å². The molecule has 2 aromatic carbocycles. The second-order valence-electron chi connectivity index (χ2n) is 6.04. The molecule has 0 bridgehead atoms. The van der Waals surface area contributed by atoms with Gasteiger partial charge in [-0.3, -0.25) is 14.9 Å². The Labute approximate surface area is 172 Å². The van der Waals surface area contributed by atoms with Crippen LogP contribution in [0.4, 0.5) is 10.8 Å². The Morgan fingerprint density at radius 3 is 2.61 bits per heavy atom. The van der Waals surface area contributed by atoms with Gasteiger partial charge in [-0.2, -0.15) is 0 Å². The second kappa shape index (κ2) is 7.57. The lowest BCUT2D eigenvalue weighted by Gasteiger charge is -2.02. The first-order valence-electron chi connectivity index (χ1n) is 8.32. The predicted octanol–water partition coefficient (Wildman–Crippen LogP) is 5.53. The maximum Gasteiger partial charge on any atom is 0.293 e. The number of furan rings is 1.